The van der Waals surface area contributed by atoms with Crippen LogP contribution in [0.1, 0.15) is 17.2 Å². The second-order valence-electron chi connectivity index (χ2n) is 6.20. The van der Waals surface area contributed by atoms with Gasteiger partial charge in [0.15, 0.2) is 0 Å². The van der Waals surface area contributed by atoms with Gasteiger partial charge in [-0.25, -0.2) is 0 Å². The van der Waals surface area contributed by atoms with E-state index in [1.807, 2.05) is 0 Å². The summed E-state index contributed by atoms with van der Waals surface area (Å²) in [5.41, 5.74) is -0.519. The maximum absolute atomic E-state index is 13.0. The molecule has 1 aliphatic rings. The Kier molecular flexibility index (Phi) is 5.57. The Morgan fingerprint density at radius 2 is 2.15 bits per heavy atom. The van der Waals surface area contributed by atoms with E-state index in [9.17, 15) is 18.0 Å². The van der Waals surface area contributed by atoms with Gasteiger partial charge in [0, 0.05) is 30.5 Å². The van der Waals surface area contributed by atoms with Crippen LogP contribution in [0.2, 0.25) is 5.02 Å². The average molecular weight is 400 g/mol. The van der Waals surface area contributed by atoms with Crippen molar-refractivity contribution in [1.29, 1.82) is 0 Å². The molecule has 1 amide bonds. The van der Waals surface area contributed by atoms with Crippen molar-refractivity contribution in [3.63, 3.8) is 0 Å². The van der Waals surface area contributed by atoms with E-state index >= 15 is 0 Å². The van der Waals surface area contributed by atoms with Crippen LogP contribution in [-0.2, 0) is 22.3 Å². The Hall–Kier alpha value is -2.32. The fraction of sp³-hybridized carbons (Fsp3) is 0.333. The Labute approximate surface area is 159 Å². The molecule has 2 atom stereocenters. The molecule has 0 aliphatic carbocycles. The van der Waals surface area contributed by atoms with Crippen LogP contribution >= 0.6 is 11.6 Å². The van der Waals surface area contributed by atoms with Gasteiger partial charge in [-0.1, -0.05) is 18.2 Å². The van der Waals surface area contributed by atoms with Gasteiger partial charge in [0.25, 0.3) is 0 Å². The number of hydrogen-bond acceptors (Lipinski definition) is 3. The number of carbonyl (C=O) groups excluding carboxylic acids is 1. The Morgan fingerprint density at radius 1 is 1.37 bits per heavy atom. The van der Waals surface area contributed by atoms with Gasteiger partial charge < -0.3 is 9.64 Å². The average Bonchev–Trinajstić information content (AvgIpc) is 3.27. The first-order valence-corrected chi connectivity index (χ1v) is 8.54. The van der Waals surface area contributed by atoms with Crippen LogP contribution in [0.15, 0.2) is 49.3 Å². The molecule has 0 bridgehead atoms. The van der Waals surface area contributed by atoms with E-state index in [4.69, 9.17) is 16.3 Å². The Morgan fingerprint density at radius 3 is 2.78 bits per heavy atom. The third-order valence-electron chi connectivity index (χ3n) is 4.34. The predicted molar refractivity (Wildman–Crippen MR) is 93.1 cm³/mol. The zero-order chi connectivity index (χ0) is 19.6. The SMILES string of the molecule is C=CC(=O)N1C[C@@H](n2cccn2)[C@H](OCc2cc(Cl)cc(C(F)(F)F)c2)C1. The largest absolute Gasteiger partial charge is 0.416 e. The highest BCUT2D eigenvalue weighted by Gasteiger charge is 2.37. The summed E-state index contributed by atoms with van der Waals surface area (Å²) >= 11 is 5.81. The standard InChI is InChI=1S/C18H17ClF3N3O2/c1-2-17(26)24-9-15(25-5-3-4-23-25)16(10-24)27-11-12-6-13(18(20,21)22)8-14(19)7-12/h2-8,15-16H,1,9-11H2/t15-,16-/m1/s1. The first-order chi connectivity index (χ1) is 12.8. The minimum Gasteiger partial charge on any atom is -0.369 e. The van der Waals surface area contributed by atoms with Crippen LogP contribution in [0.5, 0.6) is 0 Å². The summed E-state index contributed by atoms with van der Waals surface area (Å²) in [7, 11) is 0. The Balaban J connectivity index is 1.76. The maximum Gasteiger partial charge on any atom is 0.416 e. The highest BCUT2D eigenvalue weighted by atomic mass is 35.5. The molecular weight excluding hydrogens is 383 g/mol. The van der Waals surface area contributed by atoms with Crippen molar-refractivity contribution in [1.82, 2.24) is 14.7 Å². The number of benzene rings is 1. The smallest absolute Gasteiger partial charge is 0.369 e. The van der Waals surface area contributed by atoms with Crippen molar-refractivity contribution in [3.05, 3.63) is 65.5 Å². The van der Waals surface area contributed by atoms with Gasteiger partial charge in [-0.3, -0.25) is 9.48 Å². The van der Waals surface area contributed by atoms with Gasteiger partial charge >= 0.3 is 6.18 Å². The number of likely N-dealkylation sites (tertiary alicyclic amines) is 1. The summed E-state index contributed by atoms with van der Waals surface area (Å²) < 4.78 is 46.4. The van der Waals surface area contributed by atoms with Crippen LogP contribution in [-0.4, -0.2) is 39.8 Å². The third-order valence-corrected chi connectivity index (χ3v) is 4.56. The molecular formula is C18H17ClF3N3O2. The zero-order valence-corrected chi connectivity index (χ0v) is 15.0. The molecule has 144 valence electrons. The number of ether oxygens (including phenoxy) is 1. The van der Waals surface area contributed by atoms with Crippen molar-refractivity contribution in [3.8, 4) is 0 Å². The quantitative estimate of drug-likeness (QED) is 0.720. The Bertz CT molecular complexity index is 824. The van der Waals surface area contributed by atoms with Crippen LogP contribution in [0.3, 0.4) is 0 Å². The lowest BCUT2D eigenvalue weighted by Crippen LogP contribution is -2.28. The molecule has 1 aromatic carbocycles. The number of halogens is 4. The topological polar surface area (TPSA) is 47.4 Å². The number of hydrogen-bond donors (Lipinski definition) is 0. The summed E-state index contributed by atoms with van der Waals surface area (Å²) in [5.74, 6) is -0.236. The molecule has 1 fully saturated rings. The number of rotatable bonds is 5. The summed E-state index contributed by atoms with van der Waals surface area (Å²) in [6, 6.07) is 4.82. The van der Waals surface area contributed by atoms with Crippen molar-refractivity contribution >= 4 is 17.5 Å². The maximum atomic E-state index is 13.0. The van der Waals surface area contributed by atoms with Gasteiger partial charge in [-0.05, 0) is 35.9 Å². The van der Waals surface area contributed by atoms with E-state index in [2.05, 4.69) is 11.7 Å². The number of amides is 1. The van der Waals surface area contributed by atoms with E-state index in [0.717, 1.165) is 12.1 Å². The molecule has 0 saturated carbocycles. The molecule has 0 unspecified atom stereocenters. The minimum absolute atomic E-state index is 0.0121. The monoisotopic (exact) mass is 399 g/mol. The summed E-state index contributed by atoms with van der Waals surface area (Å²) in [5, 5.41) is 4.17. The minimum atomic E-state index is -4.49. The van der Waals surface area contributed by atoms with E-state index in [1.165, 1.54) is 12.1 Å². The van der Waals surface area contributed by atoms with Gasteiger partial charge in [0.05, 0.1) is 24.3 Å². The van der Waals surface area contributed by atoms with E-state index in [-0.39, 0.29) is 23.6 Å². The second kappa shape index (κ2) is 7.74. The molecule has 0 N–H and O–H groups in total. The summed E-state index contributed by atoms with van der Waals surface area (Å²) in [6.07, 6.45) is -0.333. The second-order valence-corrected chi connectivity index (χ2v) is 6.63. The molecule has 0 radical (unpaired) electrons. The lowest BCUT2D eigenvalue weighted by Gasteiger charge is -2.19. The summed E-state index contributed by atoms with van der Waals surface area (Å²) in [6.45, 7) is 4.08. The molecule has 1 aliphatic heterocycles. The van der Waals surface area contributed by atoms with Crippen molar-refractivity contribution in [2.24, 2.45) is 0 Å². The summed E-state index contributed by atoms with van der Waals surface area (Å²) in [4.78, 5) is 13.5. The lowest BCUT2D eigenvalue weighted by atomic mass is 10.1. The van der Waals surface area contributed by atoms with Crippen LogP contribution in [0, 0.1) is 0 Å². The van der Waals surface area contributed by atoms with Gasteiger partial charge in [-0.15, -0.1) is 0 Å². The highest BCUT2D eigenvalue weighted by molar-refractivity contribution is 6.30. The molecule has 1 aromatic heterocycles. The van der Waals surface area contributed by atoms with E-state index in [1.54, 1.807) is 28.0 Å². The van der Waals surface area contributed by atoms with Gasteiger partial charge in [-0.2, -0.15) is 18.3 Å². The highest BCUT2D eigenvalue weighted by Crippen LogP contribution is 2.32. The van der Waals surface area contributed by atoms with Crippen molar-refractivity contribution in [2.75, 3.05) is 13.1 Å². The molecule has 5 nitrogen and oxygen atoms in total. The van der Waals surface area contributed by atoms with Crippen LogP contribution in [0.4, 0.5) is 13.2 Å². The molecule has 9 heteroatoms. The number of carbonyl (C=O) groups is 1. The van der Waals surface area contributed by atoms with Gasteiger partial charge in [0.2, 0.25) is 5.91 Å². The number of aromatic nitrogens is 2. The molecule has 2 aromatic rings. The van der Waals surface area contributed by atoms with E-state index < -0.39 is 17.8 Å². The molecule has 1 saturated heterocycles. The molecule has 0 spiro atoms. The van der Waals surface area contributed by atoms with Gasteiger partial charge in [0.1, 0.15) is 0 Å². The lowest BCUT2D eigenvalue weighted by molar-refractivity contribution is -0.137. The zero-order valence-electron chi connectivity index (χ0n) is 14.2. The van der Waals surface area contributed by atoms with E-state index in [0.29, 0.717) is 18.7 Å². The van der Waals surface area contributed by atoms with Crippen LogP contribution < -0.4 is 0 Å². The fourth-order valence-electron chi connectivity index (χ4n) is 3.06. The van der Waals surface area contributed by atoms with Crippen molar-refractivity contribution in [2.45, 2.75) is 24.9 Å². The predicted octanol–water partition coefficient (Wildman–Crippen LogP) is 3.71. The first kappa shape index (κ1) is 19.4. The number of alkyl halides is 3. The van der Waals surface area contributed by atoms with Crippen LogP contribution in [0.25, 0.3) is 0 Å². The fourth-order valence-corrected chi connectivity index (χ4v) is 3.32. The molecule has 3 rings (SSSR count). The normalized spacial score (nSPS) is 20.1. The molecule has 27 heavy (non-hydrogen) atoms. The molecule has 2 heterocycles. The van der Waals surface area contributed by atoms with Crippen molar-refractivity contribution < 1.29 is 22.7 Å². The third kappa shape index (κ3) is 4.51. The first-order valence-electron chi connectivity index (χ1n) is 8.16. The number of nitrogens with zero attached hydrogens (tertiary/aromatic N) is 3.